The zero-order valence-corrected chi connectivity index (χ0v) is 13.2. The Balaban J connectivity index is 1.85. The fraction of sp³-hybridized carbons (Fsp3) is 0.533. The maximum Gasteiger partial charge on any atom is 0.264 e. The number of aryl methyl sites for hydroxylation is 2. The summed E-state index contributed by atoms with van der Waals surface area (Å²) in [5.41, 5.74) is 0. The molecule has 0 radical (unpaired) electrons. The lowest BCUT2D eigenvalue weighted by molar-refractivity contribution is 0.0566. The van der Waals surface area contributed by atoms with Crippen molar-refractivity contribution in [2.45, 2.75) is 45.6 Å². The molecule has 2 aromatic heterocycles. The van der Waals surface area contributed by atoms with Crippen LogP contribution in [0.3, 0.4) is 0 Å². The molecule has 1 unspecified atom stereocenters. The highest BCUT2D eigenvalue weighted by atomic mass is 32.1. The van der Waals surface area contributed by atoms with Gasteiger partial charge in [0.05, 0.1) is 4.88 Å². The highest BCUT2D eigenvalue weighted by Crippen LogP contribution is 2.32. The molecule has 1 atom stereocenters. The van der Waals surface area contributed by atoms with Crippen LogP contribution in [0, 0.1) is 6.92 Å². The van der Waals surface area contributed by atoms with Gasteiger partial charge in [0.25, 0.3) is 5.91 Å². The number of piperidine rings is 1. The molecule has 3 heterocycles. The van der Waals surface area contributed by atoms with Crippen molar-refractivity contribution in [1.29, 1.82) is 0 Å². The molecule has 1 saturated heterocycles. The lowest BCUT2D eigenvalue weighted by Gasteiger charge is -2.33. The third-order valence-electron chi connectivity index (χ3n) is 3.80. The molecule has 3 rings (SSSR count). The first kappa shape index (κ1) is 14.3. The van der Waals surface area contributed by atoms with E-state index in [1.54, 1.807) is 0 Å². The molecule has 2 aromatic rings. The van der Waals surface area contributed by atoms with Crippen molar-refractivity contribution in [3.05, 3.63) is 33.6 Å². The van der Waals surface area contributed by atoms with Gasteiger partial charge in [-0.2, -0.15) is 4.98 Å². The molecule has 1 aliphatic rings. The normalized spacial score (nSPS) is 19.0. The largest absolute Gasteiger partial charge is 0.337 e. The summed E-state index contributed by atoms with van der Waals surface area (Å²) in [5, 5.41) is 3.96. The molecule has 0 aliphatic carbocycles. The smallest absolute Gasteiger partial charge is 0.264 e. The van der Waals surface area contributed by atoms with E-state index in [4.69, 9.17) is 4.52 Å². The monoisotopic (exact) mass is 305 g/mol. The zero-order valence-electron chi connectivity index (χ0n) is 12.3. The van der Waals surface area contributed by atoms with Crippen molar-refractivity contribution in [3.8, 4) is 0 Å². The summed E-state index contributed by atoms with van der Waals surface area (Å²) < 4.78 is 5.36. The molecule has 112 valence electrons. The van der Waals surface area contributed by atoms with Crippen LogP contribution in [0.2, 0.25) is 0 Å². The van der Waals surface area contributed by atoms with Gasteiger partial charge < -0.3 is 9.42 Å². The average molecular weight is 305 g/mol. The van der Waals surface area contributed by atoms with Crippen molar-refractivity contribution in [2.24, 2.45) is 0 Å². The van der Waals surface area contributed by atoms with Crippen molar-refractivity contribution in [1.82, 2.24) is 15.0 Å². The third kappa shape index (κ3) is 2.85. The minimum atomic E-state index is -0.0820. The predicted octanol–water partition coefficient (Wildman–Crippen LogP) is 3.37. The second-order valence-electron chi connectivity index (χ2n) is 5.32. The van der Waals surface area contributed by atoms with Crippen LogP contribution in [0.5, 0.6) is 0 Å². The van der Waals surface area contributed by atoms with Crippen molar-refractivity contribution in [3.63, 3.8) is 0 Å². The lowest BCUT2D eigenvalue weighted by Crippen LogP contribution is -2.38. The van der Waals surface area contributed by atoms with Crippen molar-refractivity contribution in [2.75, 3.05) is 6.54 Å². The average Bonchev–Trinajstić information content (AvgIpc) is 3.15. The Morgan fingerprint density at radius 2 is 2.33 bits per heavy atom. The lowest BCUT2D eigenvalue weighted by atomic mass is 10.0. The van der Waals surface area contributed by atoms with E-state index in [0.29, 0.717) is 11.7 Å². The number of nitrogens with zero attached hydrogens (tertiary/aromatic N) is 3. The molecule has 0 aromatic carbocycles. The van der Waals surface area contributed by atoms with Gasteiger partial charge in [-0.3, -0.25) is 4.79 Å². The summed E-state index contributed by atoms with van der Waals surface area (Å²) in [6.07, 6.45) is 3.75. The summed E-state index contributed by atoms with van der Waals surface area (Å²) in [6.45, 7) is 4.76. The van der Waals surface area contributed by atoms with Crippen LogP contribution in [-0.2, 0) is 6.42 Å². The van der Waals surface area contributed by atoms with E-state index in [2.05, 4.69) is 10.1 Å². The molecule has 5 nitrogen and oxygen atoms in total. The maximum absolute atomic E-state index is 12.7. The van der Waals surface area contributed by atoms with E-state index in [9.17, 15) is 4.79 Å². The number of amides is 1. The van der Waals surface area contributed by atoms with Gasteiger partial charge in [-0.25, -0.2) is 0 Å². The quantitative estimate of drug-likeness (QED) is 0.872. The Labute approximate surface area is 128 Å². The highest BCUT2D eigenvalue weighted by molar-refractivity contribution is 7.13. The third-order valence-corrected chi connectivity index (χ3v) is 4.79. The van der Waals surface area contributed by atoms with Gasteiger partial charge in [0.1, 0.15) is 6.04 Å². The van der Waals surface area contributed by atoms with Gasteiger partial charge in [0, 0.05) is 17.8 Å². The standard InChI is InChI=1S/C15H19N3O2S/c1-3-13-16-14(20-17-13)11-6-4-5-9-18(11)15(19)12-8-7-10(2)21-12/h7-8,11H,3-6,9H2,1-2H3. The Morgan fingerprint density at radius 3 is 3.00 bits per heavy atom. The molecule has 1 aliphatic heterocycles. The van der Waals surface area contributed by atoms with E-state index in [1.165, 1.54) is 11.3 Å². The molecular formula is C15H19N3O2S. The van der Waals surface area contributed by atoms with Crippen molar-refractivity contribution < 1.29 is 9.32 Å². The molecule has 0 saturated carbocycles. The van der Waals surface area contributed by atoms with Crippen LogP contribution in [0.4, 0.5) is 0 Å². The molecule has 1 amide bonds. The number of hydrogen-bond donors (Lipinski definition) is 0. The molecule has 0 bridgehead atoms. The minimum Gasteiger partial charge on any atom is -0.337 e. The summed E-state index contributed by atoms with van der Waals surface area (Å²) in [6, 6.07) is 3.80. The Bertz CT molecular complexity index is 634. The van der Waals surface area contributed by atoms with E-state index in [1.807, 2.05) is 30.9 Å². The van der Waals surface area contributed by atoms with Crippen LogP contribution < -0.4 is 0 Å². The number of carbonyl (C=O) groups excluding carboxylic acids is 1. The zero-order chi connectivity index (χ0) is 14.8. The SMILES string of the molecule is CCc1noc(C2CCCCN2C(=O)c2ccc(C)s2)n1. The predicted molar refractivity (Wildman–Crippen MR) is 80.4 cm³/mol. The fourth-order valence-corrected chi connectivity index (χ4v) is 3.49. The summed E-state index contributed by atoms with van der Waals surface area (Å²) >= 11 is 1.54. The van der Waals surface area contributed by atoms with Crippen LogP contribution in [0.15, 0.2) is 16.7 Å². The van der Waals surface area contributed by atoms with E-state index < -0.39 is 0 Å². The second-order valence-corrected chi connectivity index (χ2v) is 6.61. The van der Waals surface area contributed by atoms with Crippen LogP contribution in [0.1, 0.15) is 58.5 Å². The molecular weight excluding hydrogens is 286 g/mol. The van der Waals surface area contributed by atoms with Gasteiger partial charge in [0.15, 0.2) is 5.82 Å². The molecule has 21 heavy (non-hydrogen) atoms. The Kier molecular flexibility index (Phi) is 4.05. The summed E-state index contributed by atoms with van der Waals surface area (Å²) in [7, 11) is 0. The molecule has 6 heteroatoms. The van der Waals surface area contributed by atoms with Gasteiger partial charge in [0.2, 0.25) is 5.89 Å². The summed E-state index contributed by atoms with van der Waals surface area (Å²) in [4.78, 5) is 21.0. The van der Waals surface area contributed by atoms with Gasteiger partial charge >= 0.3 is 0 Å². The van der Waals surface area contributed by atoms with Gasteiger partial charge in [-0.05, 0) is 38.3 Å². The maximum atomic E-state index is 12.7. The first-order valence-electron chi connectivity index (χ1n) is 7.39. The van der Waals surface area contributed by atoms with E-state index in [0.717, 1.165) is 42.0 Å². The minimum absolute atomic E-state index is 0.0778. The van der Waals surface area contributed by atoms with Gasteiger partial charge in [-0.15, -0.1) is 11.3 Å². The van der Waals surface area contributed by atoms with Crippen LogP contribution in [0.25, 0.3) is 0 Å². The number of carbonyl (C=O) groups is 1. The topological polar surface area (TPSA) is 59.2 Å². The number of thiophene rings is 1. The van der Waals surface area contributed by atoms with Crippen LogP contribution in [-0.4, -0.2) is 27.5 Å². The first-order chi connectivity index (χ1) is 10.2. The van der Waals surface area contributed by atoms with Gasteiger partial charge in [-0.1, -0.05) is 12.1 Å². The fourth-order valence-electron chi connectivity index (χ4n) is 2.67. The van der Waals surface area contributed by atoms with Crippen molar-refractivity contribution >= 4 is 17.2 Å². The Morgan fingerprint density at radius 1 is 1.48 bits per heavy atom. The molecule has 0 spiro atoms. The number of likely N-dealkylation sites (tertiary alicyclic amines) is 1. The first-order valence-corrected chi connectivity index (χ1v) is 8.20. The summed E-state index contributed by atoms with van der Waals surface area (Å²) in [5.74, 6) is 1.36. The molecule has 1 fully saturated rings. The molecule has 0 N–H and O–H groups in total. The Hall–Kier alpha value is -1.69. The van der Waals surface area contributed by atoms with E-state index in [-0.39, 0.29) is 11.9 Å². The van der Waals surface area contributed by atoms with Crippen LogP contribution >= 0.6 is 11.3 Å². The highest BCUT2D eigenvalue weighted by Gasteiger charge is 2.33. The van der Waals surface area contributed by atoms with E-state index >= 15 is 0 Å². The number of hydrogen-bond acceptors (Lipinski definition) is 5. The number of aromatic nitrogens is 2. The number of rotatable bonds is 3. The second kappa shape index (κ2) is 5.97.